The van der Waals surface area contributed by atoms with Crippen LogP contribution in [0, 0.1) is 10.1 Å². The number of nitro benzene ring substituents is 1. The van der Waals surface area contributed by atoms with E-state index in [0.717, 1.165) is 24.3 Å². The Hall–Kier alpha value is -4.54. The molecule has 0 amide bonds. The second-order valence-corrected chi connectivity index (χ2v) is 13.3. The maximum absolute atomic E-state index is 13.6. The SMILES string of the molecule is O=c1c(N=Nc2cccc3ccc(S(=O)(=O)[O-])cc23)c/c(=N\Nc2ccc([N+](=O)[O-])cc2)c(=O)/c1=N/Nc1ccc(S(=O)(=O)[O-])c2ccccc12.[Na+].[Na+]. The Morgan fingerprint density at radius 1 is 0.623 bits per heavy atom. The molecule has 256 valence electrons. The van der Waals surface area contributed by atoms with Crippen LogP contribution < -0.4 is 91.5 Å². The van der Waals surface area contributed by atoms with Crippen LogP contribution in [0.15, 0.2) is 143 Å². The molecule has 21 heteroatoms. The van der Waals surface area contributed by atoms with Crippen molar-refractivity contribution in [3.8, 4) is 0 Å². The Morgan fingerprint density at radius 2 is 1.30 bits per heavy atom. The molecular formula is C32H19N7Na2O10S2. The number of rotatable bonds is 9. The number of benzene rings is 6. The normalized spacial score (nSPS) is 12.4. The molecule has 17 nitrogen and oxygen atoms in total. The summed E-state index contributed by atoms with van der Waals surface area (Å²) in [5.41, 5.74) is 2.94. The molecule has 0 fully saturated rings. The summed E-state index contributed by atoms with van der Waals surface area (Å²) in [6.07, 6.45) is 0. The van der Waals surface area contributed by atoms with Crippen LogP contribution in [-0.2, 0) is 20.2 Å². The molecule has 53 heavy (non-hydrogen) atoms. The average Bonchev–Trinajstić information content (AvgIpc) is 3.09. The molecule has 2 N–H and O–H groups in total. The van der Waals surface area contributed by atoms with Crippen molar-refractivity contribution in [2.24, 2.45) is 20.4 Å². The number of hydrogen-bond donors (Lipinski definition) is 2. The largest absolute Gasteiger partial charge is 1.00 e. The Morgan fingerprint density at radius 3 is 1.96 bits per heavy atom. The van der Waals surface area contributed by atoms with Gasteiger partial charge in [0.1, 0.15) is 31.3 Å². The summed E-state index contributed by atoms with van der Waals surface area (Å²) in [5, 5.41) is 27.0. The van der Waals surface area contributed by atoms with E-state index >= 15 is 0 Å². The molecule has 0 saturated carbocycles. The maximum Gasteiger partial charge on any atom is 1.00 e. The predicted octanol–water partition coefficient (Wildman–Crippen LogP) is -2.42. The van der Waals surface area contributed by atoms with Crippen LogP contribution in [0.3, 0.4) is 0 Å². The third-order valence-electron chi connectivity index (χ3n) is 7.38. The van der Waals surface area contributed by atoms with Crippen molar-refractivity contribution in [3.63, 3.8) is 0 Å². The first-order valence-corrected chi connectivity index (χ1v) is 17.1. The van der Waals surface area contributed by atoms with Crippen molar-refractivity contribution in [2.45, 2.75) is 9.79 Å². The minimum Gasteiger partial charge on any atom is -0.744 e. The van der Waals surface area contributed by atoms with Crippen LogP contribution in [0.4, 0.5) is 28.4 Å². The van der Waals surface area contributed by atoms with Crippen molar-refractivity contribution in [1.29, 1.82) is 0 Å². The number of nitrogens with zero attached hydrogens (tertiary/aromatic N) is 5. The van der Waals surface area contributed by atoms with Crippen LogP contribution in [0.1, 0.15) is 0 Å². The number of anilines is 2. The zero-order valence-corrected chi connectivity index (χ0v) is 33.1. The van der Waals surface area contributed by atoms with Gasteiger partial charge in [-0.2, -0.15) is 10.2 Å². The average molecular weight is 772 g/mol. The first kappa shape index (κ1) is 41.2. The molecule has 0 aliphatic rings. The zero-order chi connectivity index (χ0) is 36.5. The van der Waals surface area contributed by atoms with Gasteiger partial charge in [-0.15, -0.1) is 10.2 Å². The van der Waals surface area contributed by atoms with E-state index in [9.17, 15) is 45.6 Å². The van der Waals surface area contributed by atoms with Crippen LogP contribution >= 0.6 is 0 Å². The molecule has 0 saturated heterocycles. The van der Waals surface area contributed by atoms with Crippen molar-refractivity contribution in [1.82, 2.24) is 0 Å². The van der Waals surface area contributed by atoms with Crippen LogP contribution in [0.25, 0.3) is 21.5 Å². The number of hydrogen-bond acceptors (Lipinski definition) is 16. The third-order valence-corrected chi connectivity index (χ3v) is 9.10. The Kier molecular flexibility index (Phi) is 12.9. The number of non-ortho nitro benzene ring substituents is 1. The van der Waals surface area contributed by atoms with Crippen molar-refractivity contribution < 1.29 is 90.0 Å². The Labute approximate surface area is 342 Å². The number of nitrogens with one attached hydrogen (secondary N) is 2. The molecule has 0 unspecified atom stereocenters. The predicted molar refractivity (Wildman–Crippen MR) is 181 cm³/mol. The summed E-state index contributed by atoms with van der Waals surface area (Å²) in [5.74, 6) is 0. The summed E-state index contributed by atoms with van der Waals surface area (Å²) in [6.45, 7) is 0. The van der Waals surface area contributed by atoms with E-state index < -0.39 is 62.2 Å². The van der Waals surface area contributed by atoms with E-state index in [1.165, 1.54) is 60.7 Å². The molecule has 0 heterocycles. The number of nitro groups is 1. The van der Waals surface area contributed by atoms with Crippen LogP contribution in [0.5, 0.6) is 0 Å². The van der Waals surface area contributed by atoms with Gasteiger partial charge in [0, 0.05) is 34.4 Å². The molecule has 0 aliphatic heterocycles. The third kappa shape index (κ3) is 9.16. The van der Waals surface area contributed by atoms with Gasteiger partial charge in [-0.25, -0.2) is 16.8 Å². The van der Waals surface area contributed by atoms with Gasteiger partial charge in [-0.3, -0.25) is 30.6 Å². The van der Waals surface area contributed by atoms with E-state index in [1.54, 1.807) is 18.2 Å². The van der Waals surface area contributed by atoms with Crippen molar-refractivity contribution >= 4 is 70.2 Å². The number of fused-ring (bicyclic) bond motifs is 2. The summed E-state index contributed by atoms with van der Waals surface area (Å²) in [4.78, 5) is 36.5. The molecule has 6 aromatic rings. The molecular weight excluding hydrogens is 753 g/mol. The van der Waals surface area contributed by atoms with Gasteiger partial charge in [0.2, 0.25) is 10.9 Å². The summed E-state index contributed by atoms with van der Waals surface area (Å²) in [6, 6.07) is 22.6. The Balaban J connectivity index is 0.00000314. The minimum absolute atomic E-state index is 0. The number of azo groups is 1. The summed E-state index contributed by atoms with van der Waals surface area (Å²) < 4.78 is 70.4. The molecule has 6 aromatic carbocycles. The molecule has 0 radical (unpaired) electrons. The first-order valence-electron chi connectivity index (χ1n) is 14.3. The second-order valence-electron chi connectivity index (χ2n) is 10.6. The summed E-state index contributed by atoms with van der Waals surface area (Å²) >= 11 is 0. The van der Waals surface area contributed by atoms with Gasteiger partial charge in [-0.1, -0.05) is 42.5 Å². The fourth-order valence-corrected chi connectivity index (χ4v) is 6.12. The van der Waals surface area contributed by atoms with Gasteiger partial charge < -0.3 is 9.11 Å². The van der Waals surface area contributed by atoms with E-state index in [1.807, 2.05) is 0 Å². The Bertz CT molecular complexity index is 2900. The van der Waals surface area contributed by atoms with Gasteiger partial charge >= 0.3 is 59.1 Å². The monoisotopic (exact) mass is 771 g/mol. The van der Waals surface area contributed by atoms with Crippen molar-refractivity contribution in [3.05, 3.63) is 144 Å². The first-order chi connectivity index (χ1) is 24.2. The molecule has 6 rings (SSSR count). The minimum atomic E-state index is -4.86. The fourth-order valence-electron chi connectivity index (χ4n) is 4.94. The second kappa shape index (κ2) is 16.6. The zero-order valence-electron chi connectivity index (χ0n) is 27.5. The molecule has 0 atom stereocenters. The van der Waals surface area contributed by atoms with E-state index in [4.69, 9.17) is 0 Å². The van der Waals surface area contributed by atoms with Gasteiger partial charge in [0.15, 0.2) is 5.36 Å². The van der Waals surface area contributed by atoms with Crippen LogP contribution in [-0.4, -0.2) is 30.9 Å². The maximum atomic E-state index is 13.6. The van der Waals surface area contributed by atoms with Crippen LogP contribution in [0.2, 0.25) is 0 Å². The van der Waals surface area contributed by atoms with Gasteiger partial charge in [0.05, 0.1) is 31.8 Å². The van der Waals surface area contributed by atoms with Gasteiger partial charge in [-0.05, 0) is 47.9 Å². The summed E-state index contributed by atoms with van der Waals surface area (Å²) in [7, 11) is -9.67. The van der Waals surface area contributed by atoms with E-state index in [-0.39, 0.29) is 98.0 Å². The molecule has 0 spiro atoms. The molecule has 0 bridgehead atoms. The molecule has 0 aliphatic carbocycles. The standard InChI is InChI=1S/C32H21N7O10S2.2Na/c40-31-27(36-33-19-9-11-20(12-10-19)39(42)43)17-28(37-34-25-7-3-4-18-8-13-21(16-24(18)25)50(44,45)46)32(41)30(31)38-35-26-14-15-29(51(47,48)49)23-6-2-1-5-22(23)26;;/h1-17,33,35H,(H,44,45,46)(H,47,48,49);;/q;2*+1/p-2/b36-27+,37-34?,38-30-;;. The van der Waals surface area contributed by atoms with E-state index in [0.29, 0.717) is 5.39 Å². The smallest absolute Gasteiger partial charge is 0.744 e. The fraction of sp³-hybridized carbons (Fsp3) is 0. The van der Waals surface area contributed by atoms with Gasteiger partial charge in [0.25, 0.3) is 5.69 Å². The van der Waals surface area contributed by atoms with Crippen molar-refractivity contribution in [2.75, 3.05) is 10.9 Å². The van der Waals surface area contributed by atoms with E-state index in [2.05, 4.69) is 31.3 Å². The quantitative estimate of drug-likeness (QED) is 0.0512. The topological polar surface area (TPSA) is 265 Å². The molecule has 0 aromatic heterocycles.